The highest BCUT2D eigenvalue weighted by Gasteiger charge is 2.52. The van der Waals surface area contributed by atoms with Crippen LogP contribution >= 0.6 is 0 Å². The second-order valence-corrected chi connectivity index (χ2v) is 5.85. The summed E-state index contributed by atoms with van der Waals surface area (Å²) in [5, 5.41) is 8.60. The second-order valence-electron chi connectivity index (χ2n) is 5.85. The van der Waals surface area contributed by atoms with Gasteiger partial charge in [0.05, 0.1) is 16.8 Å². The summed E-state index contributed by atoms with van der Waals surface area (Å²) in [5.41, 5.74) is 0.688. The van der Waals surface area contributed by atoms with Crippen LogP contribution in [0.15, 0.2) is 12.1 Å². The van der Waals surface area contributed by atoms with E-state index in [0.29, 0.717) is 11.4 Å². The monoisotopic (exact) mass is 260 g/mol. The number of aromatic nitrogens is 4. The van der Waals surface area contributed by atoms with Crippen molar-refractivity contribution in [2.45, 2.75) is 45.8 Å². The van der Waals surface area contributed by atoms with E-state index >= 15 is 0 Å². The topological polar surface area (TPSA) is 61.5 Å². The fraction of sp³-hybridized carbons (Fsp3) is 0.583. The molecule has 3 rings (SSSR count). The molecule has 1 aliphatic rings. The Bertz CT molecular complexity index is 622. The molecule has 0 radical (unpaired) electrons. The SMILES string of the molecule is Cc1nc2ccc(B3OC(C)(C)C(C)(C)O3)nn2n1. The maximum atomic E-state index is 5.96. The van der Waals surface area contributed by atoms with Gasteiger partial charge in [-0.05, 0) is 46.8 Å². The number of fused-ring (bicyclic) bond motifs is 1. The Hall–Kier alpha value is -1.47. The number of nitrogens with zero attached hydrogens (tertiary/aromatic N) is 4. The summed E-state index contributed by atoms with van der Waals surface area (Å²) >= 11 is 0. The van der Waals surface area contributed by atoms with E-state index in [1.54, 1.807) is 0 Å². The first-order chi connectivity index (χ1) is 8.78. The van der Waals surface area contributed by atoms with E-state index in [9.17, 15) is 0 Å². The molecule has 1 saturated heterocycles. The van der Waals surface area contributed by atoms with Crippen molar-refractivity contribution in [3.05, 3.63) is 18.0 Å². The molecule has 0 atom stereocenters. The third kappa shape index (κ3) is 1.93. The minimum atomic E-state index is -0.473. The Kier molecular flexibility index (Phi) is 2.49. The fourth-order valence-corrected chi connectivity index (χ4v) is 1.99. The number of hydrogen-bond acceptors (Lipinski definition) is 5. The smallest absolute Gasteiger partial charge is 0.398 e. The van der Waals surface area contributed by atoms with Crippen LogP contribution in [0.5, 0.6) is 0 Å². The van der Waals surface area contributed by atoms with Crippen LogP contribution in [0.25, 0.3) is 5.65 Å². The molecule has 1 fully saturated rings. The molecule has 100 valence electrons. The summed E-state index contributed by atoms with van der Waals surface area (Å²) in [6.07, 6.45) is 0. The number of hydrogen-bond donors (Lipinski definition) is 0. The molecule has 2 aromatic heterocycles. The highest BCUT2D eigenvalue weighted by molar-refractivity contribution is 6.61. The van der Waals surface area contributed by atoms with E-state index in [4.69, 9.17) is 9.31 Å². The normalized spacial score (nSPS) is 21.2. The quantitative estimate of drug-likeness (QED) is 0.707. The summed E-state index contributed by atoms with van der Waals surface area (Å²) in [6.45, 7) is 9.91. The van der Waals surface area contributed by atoms with E-state index in [1.165, 1.54) is 4.63 Å². The van der Waals surface area contributed by atoms with Crippen molar-refractivity contribution in [1.29, 1.82) is 0 Å². The summed E-state index contributed by atoms with van der Waals surface area (Å²) < 4.78 is 13.4. The molecule has 0 aliphatic carbocycles. The van der Waals surface area contributed by atoms with E-state index in [1.807, 2.05) is 46.8 Å². The van der Waals surface area contributed by atoms with Crippen LogP contribution in [0.3, 0.4) is 0 Å². The van der Waals surface area contributed by atoms with Crippen molar-refractivity contribution in [3.63, 3.8) is 0 Å². The van der Waals surface area contributed by atoms with Crippen molar-refractivity contribution < 1.29 is 9.31 Å². The molecule has 0 amide bonds. The minimum Gasteiger partial charge on any atom is -0.398 e. The zero-order chi connectivity index (χ0) is 13.8. The molecule has 0 spiro atoms. The maximum Gasteiger partial charge on any atom is 0.516 e. The summed E-state index contributed by atoms with van der Waals surface area (Å²) in [7, 11) is -0.473. The second kappa shape index (κ2) is 3.77. The van der Waals surface area contributed by atoms with Gasteiger partial charge in [0.1, 0.15) is 5.82 Å². The first kappa shape index (κ1) is 12.6. The van der Waals surface area contributed by atoms with Crippen LogP contribution in [0.4, 0.5) is 0 Å². The van der Waals surface area contributed by atoms with Gasteiger partial charge in [0.25, 0.3) is 0 Å². The Labute approximate surface area is 112 Å². The van der Waals surface area contributed by atoms with Crippen LogP contribution < -0.4 is 5.59 Å². The zero-order valence-electron chi connectivity index (χ0n) is 11.8. The van der Waals surface area contributed by atoms with Crippen molar-refractivity contribution >= 4 is 18.4 Å². The lowest BCUT2D eigenvalue weighted by molar-refractivity contribution is 0.00578. The standard InChI is InChI=1S/C12H17BN4O2/c1-8-14-10-7-6-9(16-17(10)15-8)13-18-11(2,3)12(4,5)19-13/h6-7H,1-5H3. The number of rotatable bonds is 1. The molecular weight excluding hydrogens is 243 g/mol. The Morgan fingerprint density at radius 2 is 1.68 bits per heavy atom. The van der Waals surface area contributed by atoms with E-state index in [2.05, 4.69) is 15.2 Å². The average Bonchev–Trinajstić information content (AvgIpc) is 2.74. The van der Waals surface area contributed by atoms with Crippen LogP contribution in [0.1, 0.15) is 33.5 Å². The average molecular weight is 260 g/mol. The molecule has 0 bridgehead atoms. The first-order valence-corrected chi connectivity index (χ1v) is 6.35. The largest absolute Gasteiger partial charge is 0.516 e. The molecule has 0 N–H and O–H groups in total. The van der Waals surface area contributed by atoms with E-state index in [-0.39, 0.29) is 11.2 Å². The lowest BCUT2D eigenvalue weighted by Crippen LogP contribution is -2.41. The lowest BCUT2D eigenvalue weighted by Gasteiger charge is -2.32. The molecule has 3 heterocycles. The first-order valence-electron chi connectivity index (χ1n) is 6.35. The molecule has 1 aliphatic heterocycles. The van der Waals surface area contributed by atoms with Crippen LogP contribution in [-0.4, -0.2) is 38.1 Å². The predicted molar refractivity (Wildman–Crippen MR) is 71.2 cm³/mol. The molecule has 0 saturated carbocycles. The molecule has 7 heteroatoms. The van der Waals surface area contributed by atoms with Crippen LogP contribution in [-0.2, 0) is 9.31 Å². The fourth-order valence-electron chi connectivity index (χ4n) is 1.99. The summed E-state index contributed by atoms with van der Waals surface area (Å²) in [6, 6.07) is 3.74. The molecule has 19 heavy (non-hydrogen) atoms. The van der Waals surface area contributed by atoms with Crippen LogP contribution in [0.2, 0.25) is 0 Å². The van der Waals surface area contributed by atoms with Crippen LogP contribution in [0, 0.1) is 6.92 Å². The van der Waals surface area contributed by atoms with Gasteiger partial charge in [-0.15, -0.1) is 9.73 Å². The van der Waals surface area contributed by atoms with Crippen molar-refractivity contribution in [1.82, 2.24) is 19.8 Å². The molecular formula is C12H17BN4O2. The third-order valence-electron chi connectivity index (χ3n) is 3.83. The lowest BCUT2D eigenvalue weighted by atomic mass is 9.85. The third-order valence-corrected chi connectivity index (χ3v) is 3.83. The van der Waals surface area contributed by atoms with Gasteiger partial charge in [-0.2, -0.15) is 5.10 Å². The van der Waals surface area contributed by atoms with E-state index in [0.717, 1.165) is 5.65 Å². The number of aryl methyl sites for hydroxylation is 1. The zero-order valence-corrected chi connectivity index (χ0v) is 11.8. The van der Waals surface area contributed by atoms with Gasteiger partial charge in [-0.1, -0.05) is 0 Å². The highest BCUT2D eigenvalue weighted by Crippen LogP contribution is 2.36. The molecule has 2 aromatic rings. The Balaban J connectivity index is 1.97. The van der Waals surface area contributed by atoms with Gasteiger partial charge in [-0.3, -0.25) is 0 Å². The molecule has 0 aromatic carbocycles. The molecule has 0 unspecified atom stereocenters. The Morgan fingerprint density at radius 3 is 2.32 bits per heavy atom. The van der Waals surface area contributed by atoms with Crippen molar-refractivity contribution in [2.75, 3.05) is 0 Å². The van der Waals surface area contributed by atoms with Crippen molar-refractivity contribution in [3.8, 4) is 0 Å². The maximum absolute atomic E-state index is 5.96. The molecule has 6 nitrogen and oxygen atoms in total. The summed E-state index contributed by atoms with van der Waals surface area (Å²) in [4.78, 5) is 4.25. The Morgan fingerprint density at radius 1 is 1.05 bits per heavy atom. The van der Waals surface area contributed by atoms with Gasteiger partial charge in [0.2, 0.25) is 0 Å². The van der Waals surface area contributed by atoms with Gasteiger partial charge in [0.15, 0.2) is 5.65 Å². The van der Waals surface area contributed by atoms with Gasteiger partial charge < -0.3 is 9.31 Å². The minimum absolute atomic E-state index is 0.368. The highest BCUT2D eigenvalue weighted by atomic mass is 16.7. The van der Waals surface area contributed by atoms with Gasteiger partial charge >= 0.3 is 7.12 Å². The summed E-state index contributed by atoms with van der Waals surface area (Å²) in [5.74, 6) is 0.693. The van der Waals surface area contributed by atoms with Crippen molar-refractivity contribution in [2.24, 2.45) is 0 Å². The van der Waals surface area contributed by atoms with Gasteiger partial charge in [-0.25, -0.2) is 4.98 Å². The van der Waals surface area contributed by atoms with E-state index < -0.39 is 7.12 Å². The predicted octanol–water partition coefficient (Wildman–Crippen LogP) is 0.732. The van der Waals surface area contributed by atoms with Gasteiger partial charge in [0, 0.05) is 0 Å².